The Morgan fingerprint density at radius 1 is 1.23 bits per heavy atom. The fraction of sp³-hybridized carbons (Fsp3) is 0.556. The molecule has 0 radical (unpaired) electrons. The summed E-state index contributed by atoms with van der Waals surface area (Å²) in [5, 5.41) is 19.9. The third-order valence-electron chi connectivity index (χ3n) is 3.73. The van der Waals surface area contributed by atoms with Crippen LogP contribution in [0.1, 0.15) is 31.7 Å². The average molecular weight is 308 g/mol. The fourth-order valence-electron chi connectivity index (χ4n) is 2.18. The van der Waals surface area contributed by atoms with E-state index in [1.54, 1.807) is 13.2 Å². The van der Waals surface area contributed by atoms with Crippen LogP contribution in [0.4, 0.5) is 0 Å². The van der Waals surface area contributed by atoms with Gasteiger partial charge in [-0.15, -0.1) is 6.58 Å². The van der Waals surface area contributed by atoms with Crippen molar-refractivity contribution >= 4 is 0 Å². The molecule has 3 atom stereocenters. The van der Waals surface area contributed by atoms with Gasteiger partial charge in [0.25, 0.3) is 0 Å². The number of hydrogen-bond acceptors (Lipinski definition) is 4. The summed E-state index contributed by atoms with van der Waals surface area (Å²) in [7, 11) is 1.64. The van der Waals surface area contributed by atoms with Crippen molar-refractivity contribution in [2.24, 2.45) is 5.92 Å². The summed E-state index contributed by atoms with van der Waals surface area (Å²) in [6.45, 7) is 6.59. The Labute approximate surface area is 133 Å². The molecule has 0 amide bonds. The van der Waals surface area contributed by atoms with Crippen LogP contribution < -0.4 is 4.74 Å². The lowest BCUT2D eigenvalue weighted by Gasteiger charge is -2.20. The summed E-state index contributed by atoms with van der Waals surface area (Å²) in [5.41, 5.74) is 1.06. The molecule has 0 aromatic heterocycles. The van der Waals surface area contributed by atoms with E-state index in [2.05, 4.69) is 6.58 Å². The second-order valence-electron chi connectivity index (χ2n) is 5.65. The van der Waals surface area contributed by atoms with E-state index in [1.807, 2.05) is 31.2 Å². The first-order valence-electron chi connectivity index (χ1n) is 7.74. The van der Waals surface area contributed by atoms with Gasteiger partial charge in [0.15, 0.2) is 0 Å². The van der Waals surface area contributed by atoms with Gasteiger partial charge in [0, 0.05) is 6.61 Å². The van der Waals surface area contributed by atoms with Crippen molar-refractivity contribution in [2.45, 2.75) is 45.0 Å². The Hall–Kier alpha value is -1.36. The average Bonchev–Trinajstić information content (AvgIpc) is 2.52. The van der Waals surface area contributed by atoms with E-state index in [0.717, 1.165) is 17.7 Å². The minimum atomic E-state index is -0.543. The highest BCUT2D eigenvalue weighted by Crippen LogP contribution is 2.15. The topological polar surface area (TPSA) is 58.9 Å². The third-order valence-corrected chi connectivity index (χ3v) is 3.73. The van der Waals surface area contributed by atoms with Crippen LogP contribution in [0.25, 0.3) is 0 Å². The minimum Gasteiger partial charge on any atom is -0.497 e. The molecule has 0 bridgehead atoms. The lowest BCUT2D eigenvalue weighted by atomic mass is 9.95. The van der Waals surface area contributed by atoms with Crippen molar-refractivity contribution in [3.05, 3.63) is 42.5 Å². The largest absolute Gasteiger partial charge is 0.497 e. The third kappa shape index (κ3) is 7.07. The molecule has 0 unspecified atom stereocenters. The van der Waals surface area contributed by atoms with E-state index < -0.39 is 12.2 Å². The zero-order chi connectivity index (χ0) is 16.4. The van der Waals surface area contributed by atoms with Gasteiger partial charge in [-0.2, -0.15) is 0 Å². The van der Waals surface area contributed by atoms with Gasteiger partial charge >= 0.3 is 0 Å². The summed E-state index contributed by atoms with van der Waals surface area (Å²) < 4.78 is 10.7. The summed E-state index contributed by atoms with van der Waals surface area (Å²) >= 11 is 0. The quantitative estimate of drug-likeness (QED) is 0.487. The van der Waals surface area contributed by atoms with Gasteiger partial charge in [0.05, 0.1) is 25.9 Å². The standard InChI is InChI=1S/C18H28O4/c1-4-5-14(2)18(20)12-16(19)10-11-22-13-15-6-8-17(21-3)9-7-15/h4,6-9,14,16,18-20H,1,5,10-13H2,2-3H3/t14-,16-,18+/m0/s1. The molecule has 0 fully saturated rings. The Morgan fingerprint density at radius 3 is 2.50 bits per heavy atom. The van der Waals surface area contributed by atoms with Crippen molar-refractivity contribution < 1.29 is 19.7 Å². The lowest BCUT2D eigenvalue weighted by Crippen LogP contribution is -2.24. The Balaban J connectivity index is 2.18. The molecule has 0 saturated carbocycles. The first kappa shape index (κ1) is 18.7. The van der Waals surface area contributed by atoms with Gasteiger partial charge in [-0.3, -0.25) is 0 Å². The molecule has 0 aliphatic rings. The highest BCUT2D eigenvalue weighted by molar-refractivity contribution is 5.26. The molecule has 22 heavy (non-hydrogen) atoms. The second-order valence-corrected chi connectivity index (χ2v) is 5.65. The molecular formula is C18H28O4. The zero-order valence-electron chi connectivity index (χ0n) is 13.6. The van der Waals surface area contributed by atoms with Crippen molar-refractivity contribution in [1.29, 1.82) is 0 Å². The summed E-state index contributed by atoms with van der Waals surface area (Å²) in [4.78, 5) is 0. The summed E-state index contributed by atoms with van der Waals surface area (Å²) in [5.74, 6) is 0.939. The van der Waals surface area contributed by atoms with Crippen LogP contribution in [-0.4, -0.2) is 36.1 Å². The molecule has 4 heteroatoms. The normalized spacial score (nSPS) is 15.1. The van der Waals surface area contributed by atoms with Crippen LogP contribution in [-0.2, 0) is 11.3 Å². The maximum Gasteiger partial charge on any atom is 0.118 e. The zero-order valence-corrected chi connectivity index (χ0v) is 13.6. The van der Waals surface area contributed by atoms with Crippen LogP contribution in [0.5, 0.6) is 5.75 Å². The van der Waals surface area contributed by atoms with Crippen LogP contribution in [0, 0.1) is 5.92 Å². The number of methoxy groups -OCH3 is 1. The second kappa shape index (κ2) is 10.4. The molecule has 1 rings (SSSR count). The number of benzene rings is 1. The first-order valence-corrected chi connectivity index (χ1v) is 7.74. The highest BCUT2D eigenvalue weighted by atomic mass is 16.5. The monoisotopic (exact) mass is 308 g/mol. The molecule has 1 aromatic carbocycles. The van der Waals surface area contributed by atoms with Gasteiger partial charge in [-0.1, -0.05) is 25.1 Å². The van der Waals surface area contributed by atoms with E-state index in [9.17, 15) is 10.2 Å². The van der Waals surface area contributed by atoms with E-state index in [-0.39, 0.29) is 5.92 Å². The molecule has 124 valence electrons. The van der Waals surface area contributed by atoms with E-state index in [1.165, 1.54) is 0 Å². The molecule has 2 N–H and O–H groups in total. The van der Waals surface area contributed by atoms with Crippen molar-refractivity contribution in [3.8, 4) is 5.75 Å². The van der Waals surface area contributed by atoms with Gasteiger partial charge < -0.3 is 19.7 Å². The Morgan fingerprint density at radius 2 is 1.91 bits per heavy atom. The van der Waals surface area contributed by atoms with Crippen molar-refractivity contribution in [1.82, 2.24) is 0 Å². The van der Waals surface area contributed by atoms with E-state index >= 15 is 0 Å². The maximum atomic E-state index is 9.94. The molecule has 0 heterocycles. The number of hydrogen-bond donors (Lipinski definition) is 2. The van der Waals surface area contributed by atoms with Gasteiger partial charge in [0.2, 0.25) is 0 Å². The molecule has 0 saturated heterocycles. The van der Waals surface area contributed by atoms with Gasteiger partial charge in [-0.05, 0) is 42.9 Å². The Kier molecular flexibility index (Phi) is 8.82. The Bertz CT molecular complexity index is 416. The summed E-state index contributed by atoms with van der Waals surface area (Å²) in [6.07, 6.45) is 2.39. The van der Waals surface area contributed by atoms with Crippen LogP contribution in [0.3, 0.4) is 0 Å². The van der Waals surface area contributed by atoms with E-state index in [0.29, 0.717) is 26.1 Å². The smallest absolute Gasteiger partial charge is 0.118 e. The summed E-state index contributed by atoms with van der Waals surface area (Å²) in [6, 6.07) is 7.70. The molecular weight excluding hydrogens is 280 g/mol. The number of aliphatic hydroxyl groups is 2. The van der Waals surface area contributed by atoms with Crippen molar-refractivity contribution in [2.75, 3.05) is 13.7 Å². The fourth-order valence-corrected chi connectivity index (χ4v) is 2.18. The molecule has 4 nitrogen and oxygen atoms in total. The predicted molar refractivity (Wildman–Crippen MR) is 87.9 cm³/mol. The molecule has 0 spiro atoms. The van der Waals surface area contributed by atoms with Gasteiger partial charge in [0.1, 0.15) is 5.75 Å². The SMILES string of the molecule is C=CC[C@H](C)[C@H](O)C[C@@H](O)CCOCc1ccc(OC)cc1. The number of aliphatic hydroxyl groups excluding tert-OH is 2. The number of allylic oxidation sites excluding steroid dienone is 1. The number of rotatable bonds is 11. The van der Waals surface area contributed by atoms with Crippen LogP contribution >= 0.6 is 0 Å². The first-order chi connectivity index (χ1) is 10.6. The van der Waals surface area contributed by atoms with E-state index in [4.69, 9.17) is 9.47 Å². The molecule has 0 aliphatic heterocycles. The van der Waals surface area contributed by atoms with Crippen molar-refractivity contribution in [3.63, 3.8) is 0 Å². The molecule has 0 aliphatic carbocycles. The number of ether oxygens (including phenoxy) is 2. The lowest BCUT2D eigenvalue weighted by molar-refractivity contribution is 0.0247. The van der Waals surface area contributed by atoms with Gasteiger partial charge in [-0.25, -0.2) is 0 Å². The predicted octanol–water partition coefficient (Wildman–Crippen LogP) is 2.93. The minimum absolute atomic E-state index is 0.118. The highest BCUT2D eigenvalue weighted by Gasteiger charge is 2.17. The molecule has 1 aromatic rings. The van der Waals surface area contributed by atoms with Crippen LogP contribution in [0.2, 0.25) is 0 Å². The van der Waals surface area contributed by atoms with Crippen LogP contribution in [0.15, 0.2) is 36.9 Å². The maximum absolute atomic E-state index is 9.94.